The van der Waals surface area contributed by atoms with E-state index in [-0.39, 0.29) is 6.10 Å². The van der Waals surface area contributed by atoms with Gasteiger partial charge < -0.3 is 10.1 Å². The quantitative estimate of drug-likeness (QED) is 0.916. The van der Waals surface area contributed by atoms with Crippen LogP contribution in [0.15, 0.2) is 24.5 Å². The van der Waals surface area contributed by atoms with E-state index >= 15 is 0 Å². The summed E-state index contributed by atoms with van der Waals surface area (Å²) >= 11 is 0. The first kappa shape index (κ1) is 12.3. The van der Waals surface area contributed by atoms with Gasteiger partial charge in [-0.1, -0.05) is 12.8 Å². The second kappa shape index (κ2) is 5.48. The highest BCUT2D eigenvalue weighted by Crippen LogP contribution is 2.24. The Hall–Kier alpha value is -1.75. The van der Waals surface area contributed by atoms with Gasteiger partial charge in [0, 0.05) is 19.5 Å². The summed E-state index contributed by atoms with van der Waals surface area (Å²) in [6, 6.07) is 4.24. The highest BCUT2D eigenvalue weighted by molar-refractivity contribution is 5.71. The van der Waals surface area contributed by atoms with Crippen molar-refractivity contribution in [3.63, 3.8) is 0 Å². The molecule has 0 aliphatic heterocycles. The Labute approximate surface area is 112 Å². The van der Waals surface area contributed by atoms with Crippen LogP contribution in [0.5, 0.6) is 0 Å². The molecule has 19 heavy (non-hydrogen) atoms. The number of nitrogens with zero attached hydrogens (tertiary/aromatic N) is 3. The highest BCUT2D eigenvalue weighted by atomic mass is 16.5. The van der Waals surface area contributed by atoms with Crippen molar-refractivity contribution in [3.8, 4) is 0 Å². The number of nitrogens with one attached hydrogen (secondary N) is 1. The van der Waals surface area contributed by atoms with Gasteiger partial charge in [-0.2, -0.15) is 0 Å². The fraction of sp³-hybridized carbons (Fsp3) is 0.500. The van der Waals surface area contributed by atoms with Gasteiger partial charge in [-0.15, -0.1) is 0 Å². The lowest BCUT2D eigenvalue weighted by Crippen LogP contribution is -2.38. The molecule has 3 rings (SSSR count). The van der Waals surface area contributed by atoms with Crippen molar-refractivity contribution in [3.05, 3.63) is 24.5 Å². The Bertz CT molecular complexity index is 560. The van der Waals surface area contributed by atoms with Crippen molar-refractivity contribution in [1.82, 2.24) is 15.0 Å². The molecule has 2 aromatic rings. The minimum Gasteiger partial charge on any atom is -0.379 e. The number of anilines is 1. The Morgan fingerprint density at radius 3 is 2.89 bits per heavy atom. The largest absolute Gasteiger partial charge is 0.379 e. The molecule has 2 unspecified atom stereocenters. The Morgan fingerprint density at radius 2 is 2.00 bits per heavy atom. The molecule has 0 amide bonds. The maximum absolute atomic E-state index is 5.55. The number of ether oxygens (including phenoxy) is 1. The molecule has 1 N–H and O–H groups in total. The third kappa shape index (κ3) is 2.66. The zero-order valence-corrected chi connectivity index (χ0v) is 11.0. The molecule has 5 heteroatoms. The molecule has 0 saturated heterocycles. The fourth-order valence-corrected chi connectivity index (χ4v) is 2.67. The zero-order valence-electron chi connectivity index (χ0n) is 11.0. The van der Waals surface area contributed by atoms with Crippen LogP contribution in [0.3, 0.4) is 0 Å². The van der Waals surface area contributed by atoms with Gasteiger partial charge in [-0.3, -0.25) is 4.98 Å². The van der Waals surface area contributed by atoms with Crippen LogP contribution in [0.1, 0.15) is 25.7 Å². The lowest BCUT2D eigenvalue weighted by molar-refractivity contribution is 0.0605. The van der Waals surface area contributed by atoms with Gasteiger partial charge in [-0.05, 0) is 25.0 Å². The first-order valence-corrected chi connectivity index (χ1v) is 6.74. The van der Waals surface area contributed by atoms with Crippen LogP contribution in [0.2, 0.25) is 0 Å². The van der Waals surface area contributed by atoms with Crippen LogP contribution in [-0.4, -0.2) is 34.2 Å². The first-order chi connectivity index (χ1) is 9.36. The SMILES string of the molecule is COC1CCCCC1Nc1ccc2nccnc2n1. The molecular weight excluding hydrogens is 240 g/mol. The maximum Gasteiger partial charge on any atom is 0.180 e. The van der Waals surface area contributed by atoms with E-state index in [1.807, 2.05) is 12.1 Å². The molecule has 1 aliphatic rings. The first-order valence-electron chi connectivity index (χ1n) is 6.74. The van der Waals surface area contributed by atoms with E-state index in [0.717, 1.165) is 24.2 Å². The summed E-state index contributed by atoms with van der Waals surface area (Å²) in [6.45, 7) is 0. The van der Waals surface area contributed by atoms with E-state index in [9.17, 15) is 0 Å². The summed E-state index contributed by atoms with van der Waals surface area (Å²) in [5.74, 6) is 0.849. The minimum absolute atomic E-state index is 0.271. The van der Waals surface area contributed by atoms with Crippen LogP contribution < -0.4 is 5.32 Å². The minimum atomic E-state index is 0.271. The number of pyridine rings is 1. The molecule has 2 aromatic heterocycles. The Morgan fingerprint density at radius 1 is 1.16 bits per heavy atom. The van der Waals surface area contributed by atoms with Crippen LogP contribution in [-0.2, 0) is 4.74 Å². The van der Waals surface area contributed by atoms with Gasteiger partial charge in [0.1, 0.15) is 11.3 Å². The van der Waals surface area contributed by atoms with Crippen molar-refractivity contribution in [2.24, 2.45) is 0 Å². The summed E-state index contributed by atoms with van der Waals surface area (Å²) < 4.78 is 5.55. The van der Waals surface area contributed by atoms with Gasteiger partial charge in [0.05, 0.1) is 12.1 Å². The molecular formula is C14H18N4O. The lowest BCUT2D eigenvalue weighted by atomic mass is 9.92. The van der Waals surface area contributed by atoms with Crippen LogP contribution in [0.4, 0.5) is 5.82 Å². The molecule has 1 fully saturated rings. The van der Waals surface area contributed by atoms with Gasteiger partial charge >= 0.3 is 0 Å². The van der Waals surface area contributed by atoms with E-state index in [2.05, 4.69) is 20.3 Å². The molecule has 100 valence electrons. The average Bonchev–Trinajstić information content (AvgIpc) is 2.48. The van der Waals surface area contributed by atoms with E-state index in [1.54, 1.807) is 19.5 Å². The fourth-order valence-electron chi connectivity index (χ4n) is 2.67. The molecule has 2 atom stereocenters. The van der Waals surface area contributed by atoms with Crippen molar-refractivity contribution >= 4 is 17.0 Å². The van der Waals surface area contributed by atoms with E-state index < -0.39 is 0 Å². The monoisotopic (exact) mass is 258 g/mol. The van der Waals surface area contributed by atoms with Gasteiger partial charge in [-0.25, -0.2) is 9.97 Å². The number of hydrogen-bond acceptors (Lipinski definition) is 5. The summed E-state index contributed by atoms with van der Waals surface area (Å²) in [5, 5.41) is 3.47. The number of rotatable bonds is 3. The van der Waals surface area contributed by atoms with Crippen LogP contribution in [0, 0.1) is 0 Å². The van der Waals surface area contributed by atoms with Crippen LogP contribution in [0.25, 0.3) is 11.2 Å². The van der Waals surface area contributed by atoms with E-state index in [4.69, 9.17) is 4.74 Å². The Kier molecular flexibility index (Phi) is 3.55. The second-order valence-electron chi connectivity index (χ2n) is 4.91. The standard InChI is InChI=1S/C14H18N4O/c1-19-12-5-3-2-4-10(12)17-13-7-6-11-14(18-13)16-9-8-15-11/h6-10,12H,2-5H2,1H3,(H,16,17,18). The lowest BCUT2D eigenvalue weighted by Gasteiger charge is -2.31. The molecule has 0 spiro atoms. The summed E-state index contributed by atoms with van der Waals surface area (Å²) in [7, 11) is 1.78. The second-order valence-corrected chi connectivity index (χ2v) is 4.91. The maximum atomic E-state index is 5.55. The number of hydrogen-bond donors (Lipinski definition) is 1. The number of methoxy groups -OCH3 is 1. The molecule has 2 heterocycles. The van der Waals surface area contributed by atoms with Gasteiger partial charge in [0.2, 0.25) is 0 Å². The van der Waals surface area contributed by atoms with Gasteiger partial charge in [0.15, 0.2) is 5.65 Å². The van der Waals surface area contributed by atoms with Crippen LogP contribution >= 0.6 is 0 Å². The third-order valence-electron chi connectivity index (χ3n) is 3.67. The molecule has 1 saturated carbocycles. The molecule has 0 bridgehead atoms. The molecule has 5 nitrogen and oxygen atoms in total. The molecule has 0 aromatic carbocycles. The summed E-state index contributed by atoms with van der Waals surface area (Å²) in [4.78, 5) is 12.9. The average molecular weight is 258 g/mol. The summed E-state index contributed by atoms with van der Waals surface area (Å²) in [6.07, 6.45) is 8.34. The van der Waals surface area contributed by atoms with E-state index in [1.165, 1.54) is 12.8 Å². The summed E-state index contributed by atoms with van der Waals surface area (Å²) in [5.41, 5.74) is 1.50. The van der Waals surface area contributed by atoms with E-state index in [0.29, 0.717) is 11.7 Å². The van der Waals surface area contributed by atoms with Crippen molar-refractivity contribution in [2.45, 2.75) is 37.8 Å². The smallest absolute Gasteiger partial charge is 0.180 e. The normalized spacial score (nSPS) is 23.4. The number of fused-ring (bicyclic) bond motifs is 1. The number of aromatic nitrogens is 3. The van der Waals surface area contributed by atoms with Crippen molar-refractivity contribution < 1.29 is 4.74 Å². The van der Waals surface area contributed by atoms with Gasteiger partial charge in [0.25, 0.3) is 0 Å². The van der Waals surface area contributed by atoms with Crippen molar-refractivity contribution in [2.75, 3.05) is 12.4 Å². The molecule has 1 aliphatic carbocycles. The molecule has 0 radical (unpaired) electrons. The van der Waals surface area contributed by atoms with Crippen molar-refractivity contribution in [1.29, 1.82) is 0 Å². The third-order valence-corrected chi connectivity index (χ3v) is 3.67. The predicted octanol–water partition coefficient (Wildman–Crippen LogP) is 2.39. The highest BCUT2D eigenvalue weighted by Gasteiger charge is 2.24. The Balaban J connectivity index is 1.80. The topological polar surface area (TPSA) is 59.9 Å². The zero-order chi connectivity index (χ0) is 13.1. The predicted molar refractivity (Wildman–Crippen MR) is 74.0 cm³/mol.